The van der Waals surface area contributed by atoms with E-state index in [0.717, 1.165) is 17.1 Å². The Morgan fingerprint density at radius 2 is 2.14 bits per heavy atom. The van der Waals surface area contributed by atoms with Crippen LogP contribution < -0.4 is 4.90 Å². The van der Waals surface area contributed by atoms with Gasteiger partial charge in [-0.25, -0.2) is 0 Å². The summed E-state index contributed by atoms with van der Waals surface area (Å²) in [4.78, 5) is 12.2. The Labute approximate surface area is 82.9 Å². The lowest BCUT2D eigenvalue weighted by molar-refractivity contribution is -0.135. The van der Waals surface area contributed by atoms with Crippen molar-refractivity contribution in [3.8, 4) is 0 Å². The smallest absolute Gasteiger partial charge is 0.323 e. The number of aryl methyl sites for hydroxylation is 2. The number of aliphatic carboxylic acids is 1. The van der Waals surface area contributed by atoms with Crippen LogP contribution in [-0.4, -0.2) is 34.4 Å². The second-order valence-electron chi connectivity index (χ2n) is 3.39. The zero-order valence-electron chi connectivity index (χ0n) is 8.90. The standard InChI is InChI=1S/C9H15N3O2/c1-6-9(7(2)12(4)10-6)11(3)5-8(13)14/h5H2,1-4H3,(H,13,14). The second-order valence-corrected chi connectivity index (χ2v) is 3.39. The molecule has 0 aromatic carbocycles. The molecule has 0 atom stereocenters. The molecule has 0 aliphatic heterocycles. The van der Waals surface area contributed by atoms with E-state index in [1.165, 1.54) is 0 Å². The molecule has 0 saturated heterocycles. The molecule has 0 spiro atoms. The fourth-order valence-corrected chi connectivity index (χ4v) is 1.60. The van der Waals surface area contributed by atoms with E-state index >= 15 is 0 Å². The molecule has 0 aliphatic rings. The van der Waals surface area contributed by atoms with Crippen molar-refractivity contribution in [1.29, 1.82) is 0 Å². The number of carbonyl (C=O) groups is 1. The Morgan fingerprint density at radius 3 is 2.50 bits per heavy atom. The van der Waals surface area contributed by atoms with Gasteiger partial charge < -0.3 is 10.0 Å². The third-order valence-corrected chi connectivity index (χ3v) is 2.22. The highest BCUT2D eigenvalue weighted by Crippen LogP contribution is 2.21. The number of anilines is 1. The van der Waals surface area contributed by atoms with Crippen LogP contribution in [0.2, 0.25) is 0 Å². The van der Waals surface area contributed by atoms with E-state index in [1.54, 1.807) is 16.6 Å². The lowest BCUT2D eigenvalue weighted by atomic mass is 10.3. The van der Waals surface area contributed by atoms with Crippen LogP contribution in [0.15, 0.2) is 0 Å². The fraction of sp³-hybridized carbons (Fsp3) is 0.556. The van der Waals surface area contributed by atoms with E-state index < -0.39 is 5.97 Å². The minimum atomic E-state index is -0.838. The van der Waals surface area contributed by atoms with Gasteiger partial charge in [0.05, 0.1) is 17.1 Å². The van der Waals surface area contributed by atoms with Gasteiger partial charge >= 0.3 is 5.97 Å². The summed E-state index contributed by atoms with van der Waals surface area (Å²) >= 11 is 0. The summed E-state index contributed by atoms with van der Waals surface area (Å²) in [5.74, 6) is -0.838. The Morgan fingerprint density at radius 1 is 1.57 bits per heavy atom. The van der Waals surface area contributed by atoms with Crippen molar-refractivity contribution in [2.45, 2.75) is 13.8 Å². The van der Waals surface area contributed by atoms with Gasteiger partial charge in [-0.2, -0.15) is 5.10 Å². The van der Waals surface area contributed by atoms with E-state index in [1.807, 2.05) is 20.9 Å². The predicted molar refractivity (Wildman–Crippen MR) is 53.6 cm³/mol. The van der Waals surface area contributed by atoms with Gasteiger partial charge in [-0.05, 0) is 13.8 Å². The van der Waals surface area contributed by atoms with Crippen molar-refractivity contribution in [2.24, 2.45) is 7.05 Å². The number of likely N-dealkylation sites (N-methyl/N-ethyl adjacent to an activating group) is 1. The third kappa shape index (κ3) is 1.86. The van der Waals surface area contributed by atoms with Gasteiger partial charge in [-0.15, -0.1) is 0 Å². The molecule has 0 bridgehead atoms. The molecule has 1 aromatic rings. The number of rotatable bonds is 3. The summed E-state index contributed by atoms with van der Waals surface area (Å²) in [6, 6.07) is 0. The van der Waals surface area contributed by atoms with Crippen molar-refractivity contribution >= 4 is 11.7 Å². The monoisotopic (exact) mass is 197 g/mol. The van der Waals surface area contributed by atoms with Crippen molar-refractivity contribution in [3.63, 3.8) is 0 Å². The molecule has 0 radical (unpaired) electrons. The Kier molecular flexibility index (Phi) is 2.78. The second kappa shape index (κ2) is 3.69. The molecule has 1 heterocycles. The maximum atomic E-state index is 10.5. The molecular formula is C9H15N3O2. The first kappa shape index (κ1) is 10.6. The van der Waals surface area contributed by atoms with Gasteiger partial charge in [0.15, 0.2) is 0 Å². The minimum absolute atomic E-state index is 0.00657. The van der Waals surface area contributed by atoms with Crippen molar-refractivity contribution in [2.75, 3.05) is 18.5 Å². The number of carboxylic acid groups (broad SMARTS) is 1. The Bertz CT molecular complexity index is 357. The normalized spacial score (nSPS) is 10.3. The largest absolute Gasteiger partial charge is 0.480 e. The number of hydrogen-bond acceptors (Lipinski definition) is 3. The first-order valence-electron chi connectivity index (χ1n) is 4.36. The van der Waals surface area contributed by atoms with Crippen LogP contribution in [0, 0.1) is 13.8 Å². The molecule has 0 saturated carbocycles. The van der Waals surface area contributed by atoms with Crippen LogP contribution in [0.25, 0.3) is 0 Å². The summed E-state index contributed by atoms with van der Waals surface area (Å²) in [5, 5.41) is 12.9. The Balaban J connectivity index is 2.99. The maximum Gasteiger partial charge on any atom is 0.323 e. The minimum Gasteiger partial charge on any atom is -0.480 e. The lowest BCUT2D eigenvalue weighted by Crippen LogP contribution is -2.26. The first-order valence-corrected chi connectivity index (χ1v) is 4.36. The van der Waals surface area contributed by atoms with Gasteiger partial charge in [-0.3, -0.25) is 9.48 Å². The van der Waals surface area contributed by atoms with Crippen LogP contribution >= 0.6 is 0 Å². The molecule has 78 valence electrons. The van der Waals surface area contributed by atoms with Gasteiger partial charge in [-0.1, -0.05) is 0 Å². The van der Waals surface area contributed by atoms with E-state index in [4.69, 9.17) is 5.11 Å². The van der Waals surface area contributed by atoms with E-state index in [0.29, 0.717) is 0 Å². The van der Waals surface area contributed by atoms with Crippen LogP contribution in [0.4, 0.5) is 5.69 Å². The zero-order chi connectivity index (χ0) is 10.9. The predicted octanol–water partition coefficient (Wildman–Crippen LogP) is 0.558. The molecule has 0 aliphatic carbocycles. The van der Waals surface area contributed by atoms with Crippen LogP contribution in [-0.2, 0) is 11.8 Å². The maximum absolute atomic E-state index is 10.5. The number of aromatic nitrogens is 2. The molecule has 5 nitrogen and oxygen atoms in total. The molecular weight excluding hydrogens is 182 g/mol. The SMILES string of the molecule is Cc1nn(C)c(C)c1N(C)CC(=O)O. The topological polar surface area (TPSA) is 58.4 Å². The molecule has 5 heteroatoms. The van der Waals surface area contributed by atoms with Crippen LogP contribution in [0.1, 0.15) is 11.4 Å². The van der Waals surface area contributed by atoms with Gasteiger partial charge in [0.2, 0.25) is 0 Å². The van der Waals surface area contributed by atoms with Gasteiger partial charge in [0.25, 0.3) is 0 Å². The Hall–Kier alpha value is -1.52. The summed E-state index contributed by atoms with van der Waals surface area (Å²) in [7, 11) is 3.60. The van der Waals surface area contributed by atoms with Crippen molar-refractivity contribution in [3.05, 3.63) is 11.4 Å². The van der Waals surface area contributed by atoms with E-state index in [-0.39, 0.29) is 6.54 Å². The zero-order valence-corrected chi connectivity index (χ0v) is 8.90. The van der Waals surface area contributed by atoms with Gasteiger partial charge in [0.1, 0.15) is 6.54 Å². The third-order valence-electron chi connectivity index (χ3n) is 2.22. The number of hydrogen-bond donors (Lipinski definition) is 1. The summed E-state index contributed by atoms with van der Waals surface area (Å²) in [6.07, 6.45) is 0. The van der Waals surface area contributed by atoms with Gasteiger partial charge in [0, 0.05) is 14.1 Å². The highest BCUT2D eigenvalue weighted by Gasteiger charge is 2.15. The fourth-order valence-electron chi connectivity index (χ4n) is 1.60. The van der Waals surface area contributed by atoms with Crippen LogP contribution in [0.3, 0.4) is 0 Å². The highest BCUT2D eigenvalue weighted by atomic mass is 16.4. The van der Waals surface area contributed by atoms with Crippen LogP contribution in [0.5, 0.6) is 0 Å². The van der Waals surface area contributed by atoms with E-state index in [2.05, 4.69) is 5.10 Å². The quantitative estimate of drug-likeness (QED) is 0.769. The molecule has 0 fully saturated rings. The first-order chi connectivity index (χ1) is 6.43. The molecule has 1 rings (SSSR count). The number of nitrogens with zero attached hydrogens (tertiary/aromatic N) is 3. The summed E-state index contributed by atoms with van der Waals surface area (Å²) in [5.41, 5.74) is 2.73. The molecule has 14 heavy (non-hydrogen) atoms. The van der Waals surface area contributed by atoms with Crippen molar-refractivity contribution < 1.29 is 9.90 Å². The lowest BCUT2D eigenvalue weighted by Gasteiger charge is -2.16. The molecule has 1 N–H and O–H groups in total. The average molecular weight is 197 g/mol. The summed E-state index contributed by atoms with van der Waals surface area (Å²) < 4.78 is 1.75. The van der Waals surface area contributed by atoms with Crippen molar-refractivity contribution in [1.82, 2.24) is 9.78 Å². The van der Waals surface area contributed by atoms with E-state index in [9.17, 15) is 4.79 Å². The molecule has 0 unspecified atom stereocenters. The molecule has 1 aromatic heterocycles. The summed E-state index contributed by atoms with van der Waals surface area (Å²) in [6.45, 7) is 3.79. The molecule has 0 amide bonds. The number of carboxylic acids is 1. The highest BCUT2D eigenvalue weighted by molar-refractivity contribution is 5.74. The average Bonchev–Trinajstić information content (AvgIpc) is 2.25.